The third-order valence-electron chi connectivity index (χ3n) is 4.63. The van der Waals surface area contributed by atoms with Crippen molar-refractivity contribution in [3.05, 3.63) is 12.3 Å². The van der Waals surface area contributed by atoms with E-state index in [4.69, 9.17) is 5.73 Å². The second-order valence-corrected chi connectivity index (χ2v) is 5.87. The van der Waals surface area contributed by atoms with E-state index in [0.717, 1.165) is 51.3 Å². The summed E-state index contributed by atoms with van der Waals surface area (Å²) < 4.78 is 0. The van der Waals surface area contributed by atoms with Crippen molar-refractivity contribution in [3.8, 4) is 0 Å². The molecule has 2 aliphatic rings. The SMILES string of the molecule is Nc1ccnc(N2CCC3(CCNC(=O)CC3)CC2)n1. The van der Waals surface area contributed by atoms with E-state index in [9.17, 15) is 4.79 Å². The number of carbonyl (C=O) groups excluding carboxylic acids is 1. The maximum absolute atomic E-state index is 11.5. The lowest BCUT2D eigenvalue weighted by atomic mass is 9.73. The minimum Gasteiger partial charge on any atom is -0.384 e. The Kier molecular flexibility index (Phi) is 3.46. The van der Waals surface area contributed by atoms with Crippen LogP contribution in [0.15, 0.2) is 12.3 Å². The van der Waals surface area contributed by atoms with Crippen molar-refractivity contribution in [2.45, 2.75) is 32.1 Å². The molecular weight excluding hydrogens is 254 g/mol. The van der Waals surface area contributed by atoms with E-state index < -0.39 is 0 Å². The highest BCUT2D eigenvalue weighted by Gasteiger charge is 2.36. The molecule has 6 nitrogen and oxygen atoms in total. The number of aromatic nitrogens is 2. The Morgan fingerprint density at radius 1 is 1.25 bits per heavy atom. The first-order chi connectivity index (χ1) is 9.67. The van der Waals surface area contributed by atoms with Crippen molar-refractivity contribution in [1.82, 2.24) is 15.3 Å². The van der Waals surface area contributed by atoms with Gasteiger partial charge < -0.3 is 16.0 Å². The highest BCUT2D eigenvalue weighted by Crippen LogP contribution is 2.40. The van der Waals surface area contributed by atoms with Crippen molar-refractivity contribution < 1.29 is 4.79 Å². The maximum atomic E-state index is 11.5. The summed E-state index contributed by atoms with van der Waals surface area (Å²) in [4.78, 5) is 22.3. The van der Waals surface area contributed by atoms with Crippen LogP contribution >= 0.6 is 0 Å². The van der Waals surface area contributed by atoms with Gasteiger partial charge in [-0.2, -0.15) is 4.98 Å². The van der Waals surface area contributed by atoms with Crippen molar-refractivity contribution >= 4 is 17.7 Å². The molecule has 1 amide bonds. The quantitative estimate of drug-likeness (QED) is 0.797. The molecule has 1 aromatic heterocycles. The zero-order chi connectivity index (χ0) is 14.0. The van der Waals surface area contributed by atoms with Gasteiger partial charge in [0.15, 0.2) is 0 Å². The first-order valence-corrected chi connectivity index (χ1v) is 7.27. The maximum Gasteiger partial charge on any atom is 0.227 e. The molecule has 2 fully saturated rings. The van der Waals surface area contributed by atoms with Gasteiger partial charge in [0.05, 0.1) is 0 Å². The first kappa shape index (κ1) is 13.1. The van der Waals surface area contributed by atoms with Gasteiger partial charge in [-0.1, -0.05) is 0 Å². The monoisotopic (exact) mass is 275 g/mol. The molecule has 0 radical (unpaired) electrons. The lowest BCUT2D eigenvalue weighted by molar-refractivity contribution is -0.120. The number of nitrogens with two attached hydrogens (primary N) is 1. The van der Waals surface area contributed by atoms with Crippen LogP contribution in [0, 0.1) is 5.41 Å². The van der Waals surface area contributed by atoms with Crippen LogP contribution in [0.3, 0.4) is 0 Å². The molecule has 0 aliphatic carbocycles. The van der Waals surface area contributed by atoms with Crippen LogP contribution < -0.4 is 16.0 Å². The number of carbonyl (C=O) groups is 1. The van der Waals surface area contributed by atoms with Gasteiger partial charge in [0, 0.05) is 32.3 Å². The summed E-state index contributed by atoms with van der Waals surface area (Å²) in [5.41, 5.74) is 6.03. The number of anilines is 2. The van der Waals surface area contributed by atoms with Crippen LogP contribution in [-0.2, 0) is 4.79 Å². The predicted molar refractivity (Wildman–Crippen MR) is 77.2 cm³/mol. The summed E-state index contributed by atoms with van der Waals surface area (Å²) >= 11 is 0. The van der Waals surface area contributed by atoms with Crippen LogP contribution in [0.2, 0.25) is 0 Å². The summed E-state index contributed by atoms with van der Waals surface area (Å²) in [5.74, 6) is 1.44. The summed E-state index contributed by atoms with van der Waals surface area (Å²) in [6.45, 7) is 2.70. The van der Waals surface area contributed by atoms with Gasteiger partial charge in [-0.05, 0) is 37.2 Å². The minimum absolute atomic E-state index is 0.198. The van der Waals surface area contributed by atoms with E-state index in [1.165, 1.54) is 0 Å². The Bertz CT molecular complexity index is 496. The molecule has 0 unspecified atom stereocenters. The third-order valence-corrected chi connectivity index (χ3v) is 4.63. The fraction of sp³-hybridized carbons (Fsp3) is 0.643. The smallest absolute Gasteiger partial charge is 0.227 e. The van der Waals surface area contributed by atoms with E-state index in [1.54, 1.807) is 12.3 Å². The van der Waals surface area contributed by atoms with E-state index in [-0.39, 0.29) is 5.91 Å². The van der Waals surface area contributed by atoms with Crippen LogP contribution in [0.4, 0.5) is 11.8 Å². The molecule has 2 saturated heterocycles. The molecule has 0 bridgehead atoms. The molecule has 3 heterocycles. The van der Waals surface area contributed by atoms with E-state index in [1.807, 2.05) is 0 Å². The minimum atomic E-state index is 0.198. The predicted octanol–water partition coefficient (Wildman–Crippen LogP) is 0.945. The third kappa shape index (κ3) is 2.69. The number of hydrogen-bond donors (Lipinski definition) is 2. The Labute approximate surface area is 118 Å². The number of piperidine rings is 1. The highest BCUT2D eigenvalue weighted by molar-refractivity contribution is 5.76. The van der Waals surface area contributed by atoms with Gasteiger partial charge in [0.2, 0.25) is 11.9 Å². The van der Waals surface area contributed by atoms with Gasteiger partial charge in [-0.3, -0.25) is 4.79 Å². The summed E-state index contributed by atoms with van der Waals surface area (Å²) in [6.07, 6.45) is 6.65. The molecule has 3 N–H and O–H groups in total. The Hall–Kier alpha value is -1.85. The Morgan fingerprint density at radius 2 is 2.05 bits per heavy atom. The lowest BCUT2D eigenvalue weighted by Gasteiger charge is -2.41. The number of hydrogen-bond acceptors (Lipinski definition) is 5. The fourth-order valence-electron chi connectivity index (χ4n) is 3.25. The van der Waals surface area contributed by atoms with Crippen molar-refractivity contribution in [1.29, 1.82) is 0 Å². The summed E-state index contributed by atoms with van der Waals surface area (Å²) in [5, 5.41) is 2.97. The Balaban J connectivity index is 1.65. The highest BCUT2D eigenvalue weighted by atomic mass is 16.1. The molecule has 0 atom stereocenters. The first-order valence-electron chi connectivity index (χ1n) is 7.27. The standard InChI is InChI=1S/C14H21N5O/c15-11-2-7-17-13(18-11)19-9-5-14(6-10-19)3-1-12(20)16-8-4-14/h2,7H,1,3-6,8-10H2,(H,16,20)(H2,15,17,18). The second-order valence-electron chi connectivity index (χ2n) is 5.87. The molecule has 20 heavy (non-hydrogen) atoms. The average Bonchev–Trinajstić information content (AvgIpc) is 2.63. The van der Waals surface area contributed by atoms with Gasteiger partial charge in [0.25, 0.3) is 0 Å². The van der Waals surface area contributed by atoms with E-state index >= 15 is 0 Å². The molecular formula is C14H21N5O. The van der Waals surface area contributed by atoms with Crippen LogP contribution in [-0.4, -0.2) is 35.5 Å². The molecule has 108 valence electrons. The Morgan fingerprint density at radius 3 is 2.80 bits per heavy atom. The van der Waals surface area contributed by atoms with Gasteiger partial charge in [0.1, 0.15) is 5.82 Å². The van der Waals surface area contributed by atoms with Crippen molar-refractivity contribution in [2.75, 3.05) is 30.3 Å². The number of nitrogens with one attached hydrogen (secondary N) is 1. The topological polar surface area (TPSA) is 84.1 Å². The van der Waals surface area contributed by atoms with Crippen LogP contribution in [0.25, 0.3) is 0 Å². The van der Waals surface area contributed by atoms with E-state index in [2.05, 4.69) is 20.2 Å². The van der Waals surface area contributed by atoms with Gasteiger partial charge >= 0.3 is 0 Å². The van der Waals surface area contributed by atoms with Crippen molar-refractivity contribution in [2.24, 2.45) is 5.41 Å². The van der Waals surface area contributed by atoms with Gasteiger partial charge in [-0.15, -0.1) is 0 Å². The molecule has 3 rings (SSSR count). The number of rotatable bonds is 1. The average molecular weight is 275 g/mol. The van der Waals surface area contributed by atoms with Crippen LogP contribution in [0.5, 0.6) is 0 Å². The second kappa shape index (κ2) is 5.26. The normalized spacial score (nSPS) is 22.4. The number of nitrogen functional groups attached to an aromatic ring is 1. The molecule has 1 spiro atoms. The molecule has 2 aliphatic heterocycles. The zero-order valence-electron chi connectivity index (χ0n) is 11.6. The summed E-state index contributed by atoms with van der Waals surface area (Å²) in [6, 6.07) is 1.71. The zero-order valence-corrected chi connectivity index (χ0v) is 11.6. The molecule has 6 heteroatoms. The largest absolute Gasteiger partial charge is 0.384 e. The summed E-state index contributed by atoms with van der Waals surface area (Å²) in [7, 11) is 0. The van der Waals surface area contributed by atoms with Crippen molar-refractivity contribution in [3.63, 3.8) is 0 Å². The fourth-order valence-corrected chi connectivity index (χ4v) is 3.25. The van der Waals surface area contributed by atoms with Crippen LogP contribution in [0.1, 0.15) is 32.1 Å². The van der Waals surface area contributed by atoms with Gasteiger partial charge in [-0.25, -0.2) is 4.98 Å². The lowest BCUT2D eigenvalue weighted by Crippen LogP contribution is -2.41. The number of amides is 1. The molecule has 0 aromatic carbocycles. The molecule has 1 aromatic rings. The van der Waals surface area contributed by atoms with E-state index in [0.29, 0.717) is 17.7 Å². The molecule has 0 saturated carbocycles. The number of nitrogens with zero attached hydrogens (tertiary/aromatic N) is 3.